The number of primary amides is 1. The topological polar surface area (TPSA) is 156 Å². The highest BCUT2D eigenvalue weighted by atomic mass is 16.2. The van der Waals surface area contributed by atoms with Gasteiger partial charge >= 0.3 is 5.69 Å². The molecule has 1 aromatic heterocycles. The van der Waals surface area contributed by atoms with Gasteiger partial charge in [0, 0.05) is 24.3 Å². The lowest BCUT2D eigenvalue weighted by molar-refractivity contribution is -0.115. The van der Waals surface area contributed by atoms with Crippen LogP contribution < -0.4 is 32.9 Å². The fraction of sp³-hybridized carbons (Fsp3) is 0.250. The Morgan fingerprint density at radius 3 is 2.35 bits per heavy atom. The normalized spacial score (nSPS) is 10.6. The van der Waals surface area contributed by atoms with E-state index in [-0.39, 0.29) is 24.6 Å². The first-order chi connectivity index (χ1) is 16.3. The van der Waals surface area contributed by atoms with E-state index in [0.717, 1.165) is 12.0 Å². The van der Waals surface area contributed by atoms with Gasteiger partial charge in [-0.2, -0.15) is 0 Å². The Balaban J connectivity index is 1.93. The molecule has 0 saturated carbocycles. The van der Waals surface area contributed by atoms with Crippen molar-refractivity contribution in [2.75, 3.05) is 22.5 Å². The highest BCUT2D eigenvalue weighted by Crippen LogP contribution is 2.20. The van der Waals surface area contributed by atoms with Gasteiger partial charge < -0.3 is 21.7 Å². The molecule has 2 amide bonds. The Bertz CT molecular complexity index is 1270. The molecule has 1 heterocycles. The van der Waals surface area contributed by atoms with E-state index in [1.807, 2.05) is 37.3 Å². The van der Waals surface area contributed by atoms with E-state index < -0.39 is 23.1 Å². The van der Waals surface area contributed by atoms with E-state index in [0.29, 0.717) is 24.2 Å². The lowest BCUT2D eigenvalue weighted by atomic mass is 10.2. The molecule has 10 heteroatoms. The highest BCUT2D eigenvalue weighted by molar-refractivity contribution is 5.96. The molecular formula is C24H28N6O4. The van der Waals surface area contributed by atoms with Gasteiger partial charge in [0.2, 0.25) is 11.8 Å². The lowest BCUT2D eigenvalue weighted by Crippen LogP contribution is -2.41. The number of nitrogens with two attached hydrogens (primary N) is 2. The highest BCUT2D eigenvalue weighted by Gasteiger charge is 2.21. The Kier molecular flexibility index (Phi) is 7.86. The molecule has 0 unspecified atom stereocenters. The Hall–Kier alpha value is -4.34. The fourth-order valence-electron chi connectivity index (χ4n) is 3.53. The van der Waals surface area contributed by atoms with E-state index in [1.165, 1.54) is 16.7 Å². The van der Waals surface area contributed by atoms with Crippen molar-refractivity contribution in [3.8, 4) is 0 Å². The van der Waals surface area contributed by atoms with Crippen LogP contribution >= 0.6 is 0 Å². The zero-order valence-electron chi connectivity index (χ0n) is 18.9. The Labute approximate surface area is 196 Å². The van der Waals surface area contributed by atoms with Crippen molar-refractivity contribution in [1.82, 2.24) is 9.55 Å². The molecule has 178 valence electrons. The molecule has 0 atom stereocenters. The first kappa shape index (κ1) is 24.3. The van der Waals surface area contributed by atoms with Crippen LogP contribution in [0.2, 0.25) is 0 Å². The molecule has 0 aliphatic rings. The van der Waals surface area contributed by atoms with Gasteiger partial charge in [-0.05, 0) is 36.2 Å². The molecule has 3 aromatic rings. The average Bonchev–Trinajstić information content (AvgIpc) is 2.79. The average molecular weight is 465 g/mol. The minimum Gasteiger partial charge on any atom is -0.383 e. The molecule has 0 aliphatic carbocycles. The molecule has 0 bridgehead atoms. The lowest BCUT2D eigenvalue weighted by Gasteiger charge is -2.26. The molecule has 10 nitrogen and oxygen atoms in total. The third-order valence-electron chi connectivity index (χ3n) is 5.27. The van der Waals surface area contributed by atoms with Gasteiger partial charge in [0.15, 0.2) is 0 Å². The first-order valence-corrected chi connectivity index (χ1v) is 10.9. The molecule has 0 radical (unpaired) electrons. The summed E-state index contributed by atoms with van der Waals surface area (Å²) < 4.78 is 1.32. The van der Waals surface area contributed by atoms with Crippen LogP contribution in [0.25, 0.3) is 0 Å². The molecule has 3 rings (SSSR count). The van der Waals surface area contributed by atoms with Gasteiger partial charge in [0.1, 0.15) is 11.5 Å². The predicted octanol–water partition coefficient (Wildman–Crippen LogP) is 1.66. The van der Waals surface area contributed by atoms with Crippen LogP contribution in [-0.2, 0) is 17.9 Å². The summed E-state index contributed by atoms with van der Waals surface area (Å²) >= 11 is 0. The molecule has 6 N–H and O–H groups in total. The molecule has 0 spiro atoms. The van der Waals surface area contributed by atoms with Crippen LogP contribution in [0.5, 0.6) is 0 Å². The maximum absolute atomic E-state index is 12.9. The van der Waals surface area contributed by atoms with Crippen LogP contribution in [0, 0.1) is 0 Å². The first-order valence-electron chi connectivity index (χ1n) is 10.9. The number of nitrogen functional groups attached to an aromatic ring is 1. The summed E-state index contributed by atoms with van der Waals surface area (Å²) in [4.78, 5) is 53.1. The second-order valence-electron chi connectivity index (χ2n) is 7.83. The number of unbranched alkanes of at least 4 members (excludes halogenated alkanes) is 1. The Morgan fingerprint density at radius 2 is 1.74 bits per heavy atom. The molecule has 0 aliphatic heterocycles. The van der Waals surface area contributed by atoms with E-state index in [2.05, 4.69) is 10.3 Å². The summed E-state index contributed by atoms with van der Waals surface area (Å²) in [5, 5.41) is 2.74. The summed E-state index contributed by atoms with van der Waals surface area (Å²) in [6.45, 7) is 2.35. The van der Waals surface area contributed by atoms with E-state index in [9.17, 15) is 19.2 Å². The van der Waals surface area contributed by atoms with Crippen LogP contribution in [-0.4, -0.2) is 27.9 Å². The third-order valence-corrected chi connectivity index (χ3v) is 5.27. The van der Waals surface area contributed by atoms with Crippen LogP contribution in [0.15, 0.2) is 64.2 Å². The van der Waals surface area contributed by atoms with Crippen LogP contribution in [0.4, 0.5) is 17.2 Å². The van der Waals surface area contributed by atoms with Gasteiger partial charge in [-0.1, -0.05) is 43.7 Å². The smallest absolute Gasteiger partial charge is 0.330 e. The quantitative estimate of drug-likeness (QED) is 0.357. The SMILES string of the molecule is CCCCn1c(N)c(N(CC(=O)Nc2ccc(C(N)=O)cc2)Cc2ccccc2)c(=O)[nH]c1=O. The number of hydrogen-bond acceptors (Lipinski definition) is 6. The number of nitrogens with one attached hydrogen (secondary N) is 2. The number of rotatable bonds is 10. The van der Waals surface area contributed by atoms with Crippen molar-refractivity contribution < 1.29 is 9.59 Å². The number of carbonyl (C=O) groups excluding carboxylic acids is 2. The van der Waals surface area contributed by atoms with Crippen molar-refractivity contribution in [2.24, 2.45) is 5.73 Å². The number of H-pyrrole nitrogens is 1. The van der Waals surface area contributed by atoms with Crippen molar-refractivity contribution in [2.45, 2.75) is 32.9 Å². The molecular weight excluding hydrogens is 436 g/mol. The van der Waals surface area contributed by atoms with Crippen LogP contribution in [0.3, 0.4) is 0 Å². The number of hydrogen-bond donors (Lipinski definition) is 4. The monoisotopic (exact) mass is 464 g/mol. The van der Waals surface area contributed by atoms with Crippen molar-refractivity contribution in [1.29, 1.82) is 0 Å². The molecule has 2 aromatic carbocycles. The second-order valence-corrected chi connectivity index (χ2v) is 7.83. The second kappa shape index (κ2) is 11.0. The summed E-state index contributed by atoms with van der Waals surface area (Å²) in [7, 11) is 0. The molecule has 34 heavy (non-hydrogen) atoms. The predicted molar refractivity (Wildman–Crippen MR) is 132 cm³/mol. The Morgan fingerprint density at radius 1 is 1.06 bits per heavy atom. The minimum absolute atomic E-state index is 0.0109. The number of aromatic amines is 1. The third kappa shape index (κ3) is 5.91. The van der Waals surface area contributed by atoms with Gasteiger partial charge in [-0.3, -0.25) is 23.9 Å². The number of aromatic nitrogens is 2. The number of carbonyl (C=O) groups is 2. The number of amides is 2. The molecule has 0 fully saturated rings. The number of anilines is 3. The van der Waals surface area contributed by atoms with Crippen molar-refractivity contribution >= 4 is 29.0 Å². The van der Waals surface area contributed by atoms with Gasteiger partial charge in [-0.15, -0.1) is 0 Å². The summed E-state index contributed by atoms with van der Waals surface area (Å²) in [5.41, 5.74) is 12.0. The zero-order valence-corrected chi connectivity index (χ0v) is 18.9. The standard InChI is InChI=1S/C24H28N6O4/c1-2-3-13-30-21(25)20(23(33)28-24(30)34)29(14-16-7-5-4-6-8-16)15-19(31)27-18-11-9-17(10-12-18)22(26)32/h4-12H,2-3,13-15,25H2,1H3,(H2,26,32)(H,27,31)(H,28,33,34). The summed E-state index contributed by atoms with van der Waals surface area (Å²) in [6.07, 6.45) is 1.54. The summed E-state index contributed by atoms with van der Waals surface area (Å²) in [6, 6.07) is 15.4. The fourth-order valence-corrected chi connectivity index (χ4v) is 3.53. The largest absolute Gasteiger partial charge is 0.383 e. The van der Waals surface area contributed by atoms with Gasteiger partial charge in [-0.25, -0.2) is 4.79 Å². The maximum Gasteiger partial charge on any atom is 0.330 e. The minimum atomic E-state index is -0.662. The van der Waals surface area contributed by atoms with Gasteiger partial charge in [0.05, 0.1) is 6.54 Å². The van der Waals surface area contributed by atoms with Gasteiger partial charge in [0.25, 0.3) is 5.56 Å². The maximum atomic E-state index is 12.9. The van der Waals surface area contributed by atoms with E-state index in [4.69, 9.17) is 11.5 Å². The molecule has 0 saturated heterocycles. The zero-order chi connectivity index (χ0) is 24.7. The van der Waals surface area contributed by atoms with Crippen molar-refractivity contribution in [3.05, 3.63) is 86.6 Å². The van der Waals surface area contributed by atoms with Crippen LogP contribution in [0.1, 0.15) is 35.7 Å². The summed E-state index contributed by atoms with van der Waals surface area (Å²) in [5.74, 6) is -0.968. The van der Waals surface area contributed by atoms with E-state index in [1.54, 1.807) is 17.0 Å². The number of nitrogens with zero attached hydrogens (tertiary/aromatic N) is 2. The van der Waals surface area contributed by atoms with E-state index >= 15 is 0 Å². The van der Waals surface area contributed by atoms with Crippen molar-refractivity contribution in [3.63, 3.8) is 0 Å². The number of benzene rings is 2.